The van der Waals surface area contributed by atoms with Crippen LogP contribution < -0.4 is 16.6 Å². The number of rotatable bonds is 3. The molecule has 2 aromatic rings. The molecule has 0 saturated heterocycles. The Bertz CT molecular complexity index is 888. The van der Waals surface area contributed by atoms with E-state index in [0.717, 1.165) is 22.3 Å². The highest BCUT2D eigenvalue weighted by Crippen LogP contribution is 2.44. The smallest absolute Gasteiger partial charge is 0.475 e. The molecule has 160 valence electrons. The van der Waals surface area contributed by atoms with Crippen LogP contribution in [-0.2, 0) is 14.3 Å². The molecule has 1 aliphatic carbocycles. The highest BCUT2D eigenvalue weighted by atomic mass is 19.4. The van der Waals surface area contributed by atoms with Crippen LogP contribution in [0.4, 0.5) is 18.0 Å². The van der Waals surface area contributed by atoms with Gasteiger partial charge in [-0.3, -0.25) is 10.2 Å². The van der Waals surface area contributed by atoms with Crippen LogP contribution in [0.25, 0.3) is 11.1 Å². The summed E-state index contributed by atoms with van der Waals surface area (Å²) in [5.74, 6) is -3.26. The predicted molar refractivity (Wildman–Crippen MR) is 99.1 cm³/mol. The second-order valence-corrected chi connectivity index (χ2v) is 6.01. The van der Waals surface area contributed by atoms with Gasteiger partial charge < -0.3 is 15.6 Å². The Balaban J connectivity index is 0.000000396. The summed E-state index contributed by atoms with van der Waals surface area (Å²) in [7, 11) is 0. The van der Waals surface area contributed by atoms with Gasteiger partial charge in [-0.15, -0.1) is 0 Å². The first-order valence-corrected chi connectivity index (χ1v) is 8.55. The van der Waals surface area contributed by atoms with Crippen LogP contribution in [0.1, 0.15) is 17.0 Å². The Labute approximate surface area is 168 Å². The van der Waals surface area contributed by atoms with Crippen molar-refractivity contribution in [2.24, 2.45) is 5.73 Å². The van der Waals surface area contributed by atoms with E-state index in [1.165, 1.54) is 0 Å². The molecule has 0 saturated carbocycles. The number of carbonyl (C=O) groups is 3. The van der Waals surface area contributed by atoms with Crippen LogP contribution in [0.5, 0.6) is 0 Å². The molecule has 0 atom stereocenters. The van der Waals surface area contributed by atoms with Gasteiger partial charge in [0.15, 0.2) is 0 Å². The van der Waals surface area contributed by atoms with Gasteiger partial charge in [0.1, 0.15) is 6.61 Å². The fourth-order valence-electron chi connectivity index (χ4n) is 2.81. The molecular weight excluding hydrogens is 407 g/mol. The molecule has 0 fully saturated rings. The first kappa shape index (κ1) is 22.7. The van der Waals surface area contributed by atoms with Gasteiger partial charge in [0.25, 0.3) is 5.91 Å². The minimum atomic E-state index is -5.08. The second kappa shape index (κ2) is 9.74. The number of benzene rings is 2. The summed E-state index contributed by atoms with van der Waals surface area (Å²) in [6.07, 6.45) is -5.80. The number of carbonyl (C=O) groups excluding carboxylic acids is 2. The highest BCUT2D eigenvalue weighted by molar-refractivity contribution is 5.81. The Hall–Kier alpha value is -3.60. The third-order valence-corrected chi connectivity index (χ3v) is 4.08. The molecule has 1 aliphatic rings. The Kier molecular flexibility index (Phi) is 7.37. The van der Waals surface area contributed by atoms with Crippen LogP contribution in [0, 0.1) is 0 Å². The molecule has 8 nitrogen and oxygen atoms in total. The Morgan fingerprint density at radius 3 is 1.87 bits per heavy atom. The highest BCUT2D eigenvalue weighted by Gasteiger charge is 2.38. The molecule has 5 N–H and O–H groups in total. The van der Waals surface area contributed by atoms with E-state index in [1.54, 1.807) is 0 Å². The molecule has 11 heteroatoms. The number of aliphatic carboxylic acids is 1. The van der Waals surface area contributed by atoms with Crippen LogP contribution >= 0.6 is 0 Å². The number of fused-ring (bicyclic) bond motifs is 3. The summed E-state index contributed by atoms with van der Waals surface area (Å²) < 4.78 is 37.0. The maximum Gasteiger partial charge on any atom is 0.490 e. The lowest BCUT2D eigenvalue weighted by molar-refractivity contribution is -0.192. The third kappa shape index (κ3) is 5.70. The topological polar surface area (TPSA) is 131 Å². The van der Waals surface area contributed by atoms with E-state index < -0.39 is 24.1 Å². The molecule has 0 bridgehead atoms. The number of nitrogens with two attached hydrogens (primary N) is 1. The maximum atomic E-state index is 11.7. The number of amides is 2. The number of hydrazine groups is 1. The van der Waals surface area contributed by atoms with Gasteiger partial charge in [0, 0.05) is 5.92 Å². The lowest BCUT2D eigenvalue weighted by Crippen LogP contribution is -2.44. The molecule has 0 radical (unpaired) electrons. The van der Waals surface area contributed by atoms with Crippen molar-refractivity contribution >= 4 is 18.0 Å². The quantitative estimate of drug-likeness (QED) is 0.558. The molecule has 2 amide bonds. The van der Waals surface area contributed by atoms with Crippen molar-refractivity contribution in [1.82, 2.24) is 10.9 Å². The van der Waals surface area contributed by atoms with Gasteiger partial charge in [0.2, 0.25) is 0 Å². The van der Waals surface area contributed by atoms with E-state index in [-0.39, 0.29) is 19.1 Å². The normalized spacial score (nSPS) is 12.0. The molecule has 0 aliphatic heterocycles. The largest absolute Gasteiger partial charge is 0.490 e. The predicted octanol–water partition coefficient (Wildman–Crippen LogP) is 2.15. The van der Waals surface area contributed by atoms with Crippen molar-refractivity contribution in [3.05, 3.63) is 59.7 Å². The van der Waals surface area contributed by atoms with Crippen LogP contribution in [0.2, 0.25) is 0 Å². The zero-order valence-corrected chi connectivity index (χ0v) is 15.4. The van der Waals surface area contributed by atoms with Gasteiger partial charge in [-0.1, -0.05) is 48.5 Å². The summed E-state index contributed by atoms with van der Waals surface area (Å²) in [5, 5.41) is 7.12. The number of carboxylic acids is 1. The number of halogens is 3. The number of carboxylic acid groups (broad SMARTS) is 1. The van der Waals surface area contributed by atoms with Crippen LogP contribution in [-0.4, -0.2) is 42.4 Å². The molecule has 3 rings (SSSR count). The maximum absolute atomic E-state index is 11.7. The summed E-state index contributed by atoms with van der Waals surface area (Å²) in [5.41, 5.74) is 14.0. The SMILES string of the molecule is NCC(=O)NNC(=O)OCC1c2ccccc2-c2ccccc21.O=C(O)C(F)(F)F. The molecule has 30 heavy (non-hydrogen) atoms. The van der Waals surface area contributed by atoms with E-state index in [0.29, 0.717) is 0 Å². The first-order valence-electron chi connectivity index (χ1n) is 8.55. The van der Waals surface area contributed by atoms with Gasteiger partial charge in [-0.2, -0.15) is 13.2 Å². The average Bonchev–Trinajstić information content (AvgIpc) is 3.04. The van der Waals surface area contributed by atoms with Gasteiger partial charge in [0.05, 0.1) is 6.54 Å². The number of ether oxygens (including phenoxy) is 1. The van der Waals surface area contributed by atoms with Crippen molar-refractivity contribution in [1.29, 1.82) is 0 Å². The minimum absolute atomic E-state index is 0.0154. The van der Waals surface area contributed by atoms with Gasteiger partial charge >= 0.3 is 18.2 Å². The Morgan fingerprint density at radius 2 is 1.43 bits per heavy atom. The van der Waals surface area contributed by atoms with Crippen molar-refractivity contribution in [3.63, 3.8) is 0 Å². The monoisotopic (exact) mass is 425 g/mol. The summed E-state index contributed by atoms with van der Waals surface area (Å²) in [6, 6.07) is 16.1. The van der Waals surface area contributed by atoms with Crippen molar-refractivity contribution in [2.45, 2.75) is 12.1 Å². The summed E-state index contributed by atoms with van der Waals surface area (Å²) >= 11 is 0. The summed E-state index contributed by atoms with van der Waals surface area (Å²) in [4.78, 5) is 31.5. The molecule has 2 aromatic carbocycles. The standard InChI is InChI=1S/C17H17N3O3.C2HF3O2/c18-9-16(21)19-20-17(22)23-10-15-13-7-3-1-5-11(13)12-6-2-4-8-14(12)15;3-2(4,5)1(6)7/h1-8,15H,9-10,18H2,(H,19,21)(H,20,22);(H,6,7). The van der Waals surface area contributed by atoms with E-state index in [2.05, 4.69) is 23.0 Å². The molecule has 0 heterocycles. The molecule has 0 aromatic heterocycles. The van der Waals surface area contributed by atoms with E-state index in [1.807, 2.05) is 36.4 Å². The van der Waals surface area contributed by atoms with Crippen LogP contribution in [0.3, 0.4) is 0 Å². The van der Waals surface area contributed by atoms with Crippen molar-refractivity contribution < 1.29 is 37.4 Å². The van der Waals surface area contributed by atoms with Gasteiger partial charge in [-0.05, 0) is 22.3 Å². The molecular formula is C19H18F3N3O5. The fraction of sp³-hybridized carbons (Fsp3) is 0.211. The average molecular weight is 425 g/mol. The fourth-order valence-corrected chi connectivity index (χ4v) is 2.81. The van der Waals surface area contributed by atoms with E-state index in [4.69, 9.17) is 20.4 Å². The lowest BCUT2D eigenvalue weighted by Gasteiger charge is -2.14. The van der Waals surface area contributed by atoms with Crippen molar-refractivity contribution in [3.8, 4) is 11.1 Å². The Morgan fingerprint density at radius 1 is 0.967 bits per heavy atom. The van der Waals surface area contributed by atoms with Crippen molar-refractivity contribution in [2.75, 3.05) is 13.2 Å². The van der Waals surface area contributed by atoms with E-state index in [9.17, 15) is 22.8 Å². The minimum Gasteiger partial charge on any atom is -0.475 e. The number of alkyl halides is 3. The first-order chi connectivity index (χ1) is 14.1. The lowest BCUT2D eigenvalue weighted by atomic mass is 9.98. The summed E-state index contributed by atoms with van der Waals surface area (Å²) in [6.45, 7) is -0.0119. The third-order valence-electron chi connectivity index (χ3n) is 4.08. The number of hydrogen-bond acceptors (Lipinski definition) is 5. The number of nitrogens with one attached hydrogen (secondary N) is 2. The molecule has 0 spiro atoms. The van der Waals surface area contributed by atoms with Crippen LogP contribution in [0.15, 0.2) is 48.5 Å². The van der Waals surface area contributed by atoms with E-state index >= 15 is 0 Å². The zero-order chi connectivity index (χ0) is 22.3. The van der Waals surface area contributed by atoms with Gasteiger partial charge in [-0.25, -0.2) is 15.0 Å². The zero-order valence-electron chi connectivity index (χ0n) is 15.4. The molecule has 0 unspecified atom stereocenters. The number of hydrogen-bond donors (Lipinski definition) is 4. The second-order valence-electron chi connectivity index (χ2n) is 6.01.